The number of aromatic hydroxyl groups is 1. The molecule has 5 nitrogen and oxygen atoms in total. The molecule has 24 heavy (non-hydrogen) atoms. The number of amides is 3. The number of nitrogens with one attached hydrogen (secondary N) is 1. The van der Waals surface area contributed by atoms with E-state index in [0.29, 0.717) is 9.13 Å². The first kappa shape index (κ1) is 16.4. The Morgan fingerprint density at radius 3 is 2.67 bits per heavy atom. The van der Waals surface area contributed by atoms with Crippen molar-refractivity contribution in [2.45, 2.75) is 6.54 Å². The molecule has 122 valence electrons. The van der Waals surface area contributed by atoms with Gasteiger partial charge in [0, 0.05) is 5.56 Å². The second kappa shape index (κ2) is 6.60. The average molecular weight is 438 g/mol. The summed E-state index contributed by atoms with van der Waals surface area (Å²) in [6.45, 7) is -0.137. The van der Waals surface area contributed by atoms with Gasteiger partial charge in [-0.1, -0.05) is 24.3 Å². The van der Waals surface area contributed by atoms with Crippen LogP contribution in [0.4, 0.5) is 9.18 Å². The lowest BCUT2D eigenvalue weighted by atomic mass is 10.1. The number of rotatable bonds is 3. The van der Waals surface area contributed by atoms with Crippen LogP contribution >= 0.6 is 22.6 Å². The first-order valence-electron chi connectivity index (χ1n) is 7.02. The number of carbonyl (C=O) groups excluding carboxylic acids is 2. The molecule has 0 aliphatic carbocycles. The molecule has 7 heteroatoms. The summed E-state index contributed by atoms with van der Waals surface area (Å²) in [6, 6.07) is 10.2. The SMILES string of the molecule is O=C1N/C(=C\c2ccc(O)c(I)c2)C(=O)N1Cc1ccccc1F. The van der Waals surface area contributed by atoms with Crippen molar-refractivity contribution in [1.82, 2.24) is 10.2 Å². The Balaban J connectivity index is 1.84. The topological polar surface area (TPSA) is 69.6 Å². The predicted molar refractivity (Wildman–Crippen MR) is 94.3 cm³/mol. The fourth-order valence-corrected chi connectivity index (χ4v) is 2.83. The van der Waals surface area contributed by atoms with Gasteiger partial charge in [-0.3, -0.25) is 9.69 Å². The van der Waals surface area contributed by atoms with Crippen LogP contribution in [-0.4, -0.2) is 21.9 Å². The van der Waals surface area contributed by atoms with Crippen LogP contribution in [0.1, 0.15) is 11.1 Å². The van der Waals surface area contributed by atoms with Gasteiger partial charge >= 0.3 is 6.03 Å². The van der Waals surface area contributed by atoms with Gasteiger partial charge in [-0.05, 0) is 52.4 Å². The fraction of sp³-hybridized carbons (Fsp3) is 0.0588. The average Bonchev–Trinajstić information content (AvgIpc) is 2.80. The molecule has 0 aromatic heterocycles. The van der Waals surface area contributed by atoms with E-state index in [4.69, 9.17) is 0 Å². The van der Waals surface area contributed by atoms with Gasteiger partial charge in [0.15, 0.2) is 0 Å². The number of urea groups is 1. The van der Waals surface area contributed by atoms with E-state index in [-0.39, 0.29) is 23.6 Å². The molecule has 0 unspecified atom stereocenters. The smallest absolute Gasteiger partial charge is 0.329 e. The number of hydrogen-bond donors (Lipinski definition) is 2. The second-order valence-electron chi connectivity index (χ2n) is 5.18. The molecule has 3 amide bonds. The molecule has 1 aliphatic rings. The zero-order valence-electron chi connectivity index (χ0n) is 12.3. The van der Waals surface area contributed by atoms with Gasteiger partial charge in [0.25, 0.3) is 5.91 Å². The third kappa shape index (κ3) is 3.25. The lowest BCUT2D eigenvalue weighted by Crippen LogP contribution is -2.30. The van der Waals surface area contributed by atoms with Gasteiger partial charge in [-0.15, -0.1) is 0 Å². The number of phenols is 1. The molecule has 1 saturated heterocycles. The largest absolute Gasteiger partial charge is 0.507 e. The molecule has 0 bridgehead atoms. The Morgan fingerprint density at radius 2 is 1.96 bits per heavy atom. The minimum absolute atomic E-state index is 0.109. The third-order valence-electron chi connectivity index (χ3n) is 3.53. The van der Waals surface area contributed by atoms with E-state index in [2.05, 4.69) is 5.32 Å². The minimum Gasteiger partial charge on any atom is -0.507 e. The highest BCUT2D eigenvalue weighted by Gasteiger charge is 2.33. The first-order valence-corrected chi connectivity index (χ1v) is 8.10. The van der Waals surface area contributed by atoms with Crippen LogP contribution in [0.15, 0.2) is 48.2 Å². The normalized spacial score (nSPS) is 15.9. The summed E-state index contributed by atoms with van der Waals surface area (Å²) in [5, 5.41) is 12.0. The van der Waals surface area contributed by atoms with E-state index in [1.165, 1.54) is 24.3 Å². The molecule has 0 atom stereocenters. The molecule has 0 saturated carbocycles. The highest BCUT2D eigenvalue weighted by Crippen LogP contribution is 2.23. The molecule has 3 rings (SSSR count). The summed E-state index contributed by atoms with van der Waals surface area (Å²) in [5.41, 5.74) is 1.04. The van der Waals surface area contributed by atoms with Crippen molar-refractivity contribution in [1.29, 1.82) is 0 Å². The fourth-order valence-electron chi connectivity index (χ4n) is 2.29. The summed E-state index contributed by atoms with van der Waals surface area (Å²) >= 11 is 1.96. The van der Waals surface area contributed by atoms with Crippen LogP contribution in [0, 0.1) is 9.39 Å². The maximum absolute atomic E-state index is 13.7. The molecule has 0 radical (unpaired) electrons. The standard InChI is InChI=1S/C17H12FIN2O3/c18-12-4-2-1-3-11(12)9-21-16(23)14(20-17(21)24)8-10-5-6-15(22)13(19)7-10/h1-8,22H,9H2,(H,20,24)/b14-8-. The van der Waals surface area contributed by atoms with Crippen LogP contribution < -0.4 is 5.32 Å². The van der Waals surface area contributed by atoms with Gasteiger partial charge in [0.1, 0.15) is 17.3 Å². The second-order valence-corrected chi connectivity index (χ2v) is 6.34. The number of phenolic OH excluding ortho intramolecular Hbond substituents is 1. The lowest BCUT2D eigenvalue weighted by Gasteiger charge is -2.12. The molecule has 1 aliphatic heterocycles. The van der Waals surface area contributed by atoms with E-state index in [9.17, 15) is 19.1 Å². The highest BCUT2D eigenvalue weighted by atomic mass is 127. The van der Waals surface area contributed by atoms with Gasteiger partial charge in [-0.2, -0.15) is 0 Å². The highest BCUT2D eigenvalue weighted by molar-refractivity contribution is 14.1. The molecule has 1 heterocycles. The zero-order valence-corrected chi connectivity index (χ0v) is 14.5. The molecule has 2 aromatic rings. The van der Waals surface area contributed by atoms with Crippen molar-refractivity contribution in [2.24, 2.45) is 0 Å². The van der Waals surface area contributed by atoms with E-state index >= 15 is 0 Å². The quantitative estimate of drug-likeness (QED) is 0.440. The summed E-state index contributed by atoms with van der Waals surface area (Å²) in [6.07, 6.45) is 1.52. The van der Waals surface area contributed by atoms with Crippen molar-refractivity contribution >= 4 is 40.6 Å². The molecule has 2 aromatic carbocycles. The Labute approximate surface area is 150 Å². The van der Waals surface area contributed by atoms with Gasteiger partial charge in [-0.25, -0.2) is 9.18 Å². The van der Waals surface area contributed by atoms with Gasteiger partial charge in [0.2, 0.25) is 0 Å². The molecule has 0 spiro atoms. The number of carbonyl (C=O) groups is 2. The van der Waals surface area contributed by atoms with Crippen LogP contribution in [0.25, 0.3) is 6.08 Å². The molecular weight excluding hydrogens is 426 g/mol. The van der Waals surface area contributed by atoms with E-state index in [0.717, 1.165) is 4.90 Å². The molecular formula is C17H12FIN2O3. The summed E-state index contributed by atoms with van der Waals surface area (Å²) < 4.78 is 14.3. The van der Waals surface area contributed by atoms with E-state index < -0.39 is 17.8 Å². The van der Waals surface area contributed by atoms with Crippen molar-refractivity contribution in [3.05, 3.63) is 68.7 Å². The monoisotopic (exact) mass is 438 g/mol. The van der Waals surface area contributed by atoms with Gasteiger partial charge < -0.3 is 10.4 Å². The predicted octanol–water partition coefficient (Wildman–Crippen LogP) is 3.23. The number of hydrogen-bond acceptors (Lipinski definition) is 3. The van der Waals surface area contributed by atoms with Crippen molar-refractivity contribution in [2.75, 3.05) is 0 Å². The maximum atomic E-state index is 13.7. The van der Waals surface area contributed by atoms with Crippen molar-refractivity contribution in [3.8, 4) is 5.75 Å². The molecule has 2 N–H and O–H groups in total. The number of nitrogens with zero attached hydrogens (tertiary/aromatic N) is 1. The first-order chi connectivity index (χ1) is 11.5. The summed E-state index contributed by atoms with van der Waals surface area (Å²) in [7, 11) is 0. The van der Waals surface area contributed by atoms with E-state index in [1.807, 2.05) is 22.6 Å². The number of benzene rings is 2. The number of halogens is 2. The lowest BCUT2D eigenvalue weighted by molar-refractivity contribution is -0.123. The maximum Gasteiger partial charge on any atom is 0.329 e. The Hall–Kier alpha value is -2.42. The Morgan fingerprint density at radius 1 is 1.21 bits per heavy atom. The van der Waals surface area contributed by atoms with Crippen molar-refractivity contribution in [3.63, 3.8) is 0 Å². The van der Waals surface area contributed by atoms with E-state index in [1.54, 1.807) is 24.3 Å². The van der Waals surface area contributed by atoms with Crippen LogP contribution in [0.3, 0.4) is 0 Å². The van der Waals surface area contributed by atoms with Gasteiger partial charge in [0.05, 0.1) is 10.1 Å². The summed E-state index contributed by atoms with van der Waals surface area (Å²) in [4.78, 5) is 25.4. The number of imide groups is 1. The third-order valence-corrected chi connectivity index (χ3v) is 4.40. The van der Waals surface area contributed by atoms with Crippen LogP contribution in [0.2, 0.25) is 0 Å². The Kier molecular flexibility index (Phi) is 4.52. The Bertz CT molecular complexity index is 867. The minimum atomic E-state index is -0.594. The van der Waals surface area contributed by atoms with Crippen LogP contribution in [-0.2, 0) is 11.3 Å². The van der Waals surface area contributed by atoms with Crippen molar-refractivity contribution < 1.29 is 19.1 Å². The summed E-state index contributed by atoms with van der Waals surface area (Å²) in [5.74, 6) is -0.851. The zero-order chi connectivity index (χ0) is 17.3. The van der Waals surface area contributed by atoms with Crippen LogP contribution in [0.5, 0.6) is 5.75 Å². The molecule has 1 fully saturated rings.